The van der Waals surface area contributed by atoms with Crippen LogP contribution >= 0.6 is 0 Å². The molecule has 17 heavy (non-hydrogen) atoms. The molecule has 3 heteroatoms. The minimum absolute atomic E-state index is 0.155. The molecule has 0 heterocycles. The largest absolute Gasteiger partial charge is 0.508 e. The number of phenols is 1. The van der Waals surface area contributed by atoms with Crippen LogP contribution in [0, 0.1) is 5.92 Å². The first-order valence-electron chi connectivity index (χ1n) is 6.23. The zero-order valence-corrected chi connectivity index (χ0v) is 10.7. The van der Waals surface area contributed by atoms with E-state index in [1.165, 1.54) is 12.8 Å². The number of rotatable bonds is 4. The van der Waals surface area contributed by atoms with Crippen molar-refractivity contribution >= 4 is 0 Å². The molecule has 1 atom stereocenters. The van der Waals surface area contributed by atoms with Crippen LogP contribution in [0.5, 0.6) is 11.5 Å². The summed E-state index contributed by atoms with van der Waals surface area (Å²) >= 11 is 0. The predicted molar refractivity (Wildman–Crippen MR) is 68.4 cm³/mol. The van der Waals surface area contributed by atoms with Crippen LogP contribution in [0.25, 0.3) is 0 Å². The van der Waals surface area contributed by atoms with Gasteiger partial charge in [0.05, 0.1) is 7.11 Å². The molecular weight excluding hydrogens is 214 g/mol. The van der Waals surface area contributed by atoms with Gasteiger partial charge in [0.15, 0.2) is 0 Å². The fourth-order valence-corrected chi connectivity index (χ4v) is 2.49. The summed E-state index contributed by atoms with van der Waals surface area (Å²) in [6.07, 6.45) is 2.46. The Morgan fingerprint density at radius 2 is 2.12 bits per heavy atom. The van der Waals surface area contributed by atoms with Gasteiger partial charge in [-0.1, -0.05) is 6.92 Å². The van der Waals surface area contributed by atoms with Gasteiger partial charge in [-0.3, -0.25) is 0 Å². The fraction of sp³-hybridized carbons (Fsp3) is 0.571. The molecule has 0 amide bonds. The lowest BCUT2D eigenvalue weighted by Crippen LogP contribution is -2.41. The Morgan fingerprint density at radius 3 is 2.71 bits per heavy atom. The maximum atomic E-state index is 9.86. The third-order valence-electron chi connectivity index (χ3n) is 3.56. The van der Waals surface area contributed by atoms with Crippen LogP contribution in [-0.4, -0.2) is 18.3 Å². The van der Waals surface area contributed by atoms with E-state index in [0.717, 1.165) is 17.2 Å². The lowest BCUT2D eigenvalue weighted by Gasteiger charge is -2.36. The van der Waals surface area contributed by atoms with Crippen molar-refractivity contribution in [2.45, 2.75) is 38.8 Å². The molecule has 94 valence electrons. The Bertz CT molecular complexity index is 386. The Morgan fingerprint density at radius 1 is 1.41 bits per heavy atom. The van der Waals surface area contributed by atoms with Crippen LogP contribution in [0.3, 0.4) is 0 Å². The van der Waals surface area contributed by atoms with Crippen molar-refractivity contribution in [2.75, 3.05) is 7.11 Å². The monoisotopic (exact) mass is 235 g/mol. The first-order chi connectivity index (χ1) is 8.10. The molecule has 1 aromatic carbocycles. The van der Waals surface area contributed by atoms with Crippen molar-refractivity contribution in [3.05, 3.63) is 23.8 Å². The number of methoxy groups -OCH3 is 1. The molecule has 0 spiro atoms. The summed E-state index contributed by atoms with van der Waals surface area (Å²) in [5.74, 6) is 1.95. The summed E-state index contributed by atoms with van der Waals surface area (Å²) in [5.41, 5.74) is 0.906. The second kappa shape index (κ2) is 4.96. The molecule has 3 nitrogen and oxygen atoms in total. The van der Waals surface area contributed by atoms with Gasteiger partial charge < -0.3 is 15.2 Å². The Balaban J connectivity index is 2.04. The number of phenolic OH excluding ortho intramolecular Hbond substituents is 1. The van der Waals surface area contributed by atoms with Crippen molar-refractivity contribution in [3.8, 4) is 11.5 Å². The van der Waals surface area contributed by atoms with Gasteiger partial charge in [0.2, 0.25) is 0 Å². The van der Waals surface area contributed by atoms with Crippen molar-refractivity contribution in [1.82, 2.24) is 5.32 Å². The van der Waals surface area contributed by atoms with Crippen molar-refractivity contribution in [3.63, 3.8) is 0 Å². The fourth-order valence-electron chi connectivity index (χ4n) is 2.49. The van der Waals surface area contributed by atoms with E-state index in [-0.39, 0.29) is 6.04 Å². The third-order valence-corrected chi connectivity index (χ3v) is 3.56. The van der Waals surface area contributed by atoms with E-state index in [1.54, 1.807) is 19.2 Å². The summed E-state index contributed by atoms with van der Waals surface area (Å²) in [6.45, 7) is 4.35. The quantitative estimate of drug-likeness (QED) is 0.843. The zero-order chi connectivity index (χ0) is 12.4. The van der Waals surface area contributed by atoms with E-state index in [9.17, 15) is 5.11 Å². The molecule has 0 aromatic heterocycles. The van der Waals surface area contributed by atoms with Crippen LogP contribution in [-0.2, 0) is 0 Å². The second-order valence-electron chi connectivity index (χ2n) is 5.09. The Kier molecular flexibility index (Phi) is 3.57. The second-order valence-corrected chi connectivity index (χ2v) is 5.09. The third kappa shape index (κ3) is 2.72. The summed E-state index contributed by atoms with van der Waals surface area (Å²) in [5, 5.41) is 13.4. The Labute approximate surface area is 103 Å². The van der Waals surface area contributed by atoms with Crippen LogP contribution in [0.2, 0.25) is 0 Å². The molecular formula is C14H21NO2. The minimum Gasteiger partial charge on any atom is -0.508 e. The van der Waals surface area contributed by atoms with Crippen LogP contribution in [0.4, 0.5) is 0 Å². The Hall–Kier alpha value is -1.22. The van der Waals surface area contributed by atoms with Crippen LogP contribution in [0.1, 0.15) is 38.3 Å². The van der Waals surface area contributed by atoms with Crippen LogP contribution in [0.15, 0.2) is 18.2 Å². The topological polar surface area (TPSA) is 41.5 Å². The van der Waals surface area contributed by atoms with E-state index < -0.39 is 0 Å². The average molecular weight is 235 g/mol. The molecule has 0 bridgehead atoms. The van der Waals surface area contributed by atoms with Gasteiger partial charge in [0.1, 0.15) is 11.5 Å². The highest BCUT2D eigenvalue weighted by molar-refractivity contribution is 5.41. The molecule has 0 radical (unpaired) electrons. The zero-order valence-electron chi connectivity index (χ0n) is 10.7. The summed E-state index contributed by atoms with van der Waals surface area (Å²) < 4.78 is 5.18. The number of hydrogen-bond acceptors (Lipinski definition) is 3. The van der Waals surface area contributed by atoms with Gasteiger partial charge in [0, 0.05) is 17.6 Å². The van der Waals surface area contributed by atoms with Crippen molar-refractivity contribution in [1.29, 1.82) is 0 Å². The lowest BCUT2D eigenvalue weighted by atomic mass is 9.81. The van der Waals surface area contributed by atoms with Crippen LogP contribution < -0.4 is 10.1 Å². The first kappa shape index (κ1) is 12.2. The number of ether oxygens (including phenoxy) is 1. The van der Waals surface area contributed by atoms with E-state index in [1.807, 2.05) is 6.07 Å². The molecule has 1 aromatic rings. The number of benzene rings is 1. The van der Waals surface area contributed by atoms with E-state index in [0.29, 0.717) is 11.8 Å². The molecule has 1 aliphatic rings. The van der Waals surface area contributed by atoms with Crippen molar-refractivity contribution < 1.29 is 9.84 Å². The predicted octanol–water partition coefficient (Wildman–Crippen LogP) is 2.85. The minimum atomic E-state index is 0.155. The summed E-state index contributed by atoms with van der Waals surface area (Å²) in [6, 6.07) is 6.11. The smallest absolute Gasteiger partial charge is 0.120 e. The maximum absolute atomic E-state index is 9.86. The average Bonchev–Trinajstić information content (AvgIpc) is 2.27. The number of nitrogens with one attached hydrogen (secondary N) is 1. The van der Waals surface area contributed by atoms with Gasteiger partial charge in [0.25, 0.3) is 0 Å². The lowest BCUT2D eigenvalue weighted by molar-refractivity contribution is 0.225. The molecule has 0 aliphatic heterocycles. The number of hydrogen-bond donors (Lipinski definition) is 2. The van der Waals surface area contributed by atoms with E-state index in [4.69, 9.17) is 4.74 Å². The van der Waals surface area contributed by atoms with Crippen molar-refractivity contribution in [2.24, 2.45) is 5.92 Å². The molecule has 2 N–H and O–H groups in total. The van der Waals surface area contributed by atoms with Gasteiger partial charge in [-0.2, -0.15) is 0 Å². The molecule has 0 saturated heterocycles. The van der Waals surface area contributed by atoms with Gasteiger partial charge in [-0.15, -0.1) is 0 Å². The molecule has 1 saturated carbocycles. The molecule has 1 aliphatic carbocycles. The van der Waals surface area contributed by atoms with Gasteiger partial charge in [-0.05, 0) is 43.9 Å². The first-order valence-corrected chi connectivity index (χ1v) is 6.23. The molecule has 2 rings (SSSR count). The van der Waals surface area contributed by atoms with E-state index >= 15 is 0 Å². The summed E-state index contributed by atoms with van der Waals surface area (Å²) in [4.78, 5) is 0. The van der Waals surface area contributed by atoms with Gasteiger partial charge >= 0.3 is 0 Å². The molecule has 1 unspecified atom stereocenters. The van der Waals surface area contributed by atoms with Gasteiger partial charge in [-0.25, -0.2) is 0 Å². The van der Waals surface area contributed by atoms with E-state index in [2.05, 4.69) is 19.2 Å². The maximum Gasteiger partial charge on any atom is 0.120 e. The SMILES string of the molecule is COc1ccc(O)c(C(C)NC2CC(C)C2)c1. The number of aromatic hydroxyl groups is 1. The standard InChI is InChI=1S/C14H21NO2/c1-9-6-11(7-9)15-10(2)13-8-12(17-3)4-5-14(13)16/h4-5,8-11,15-16H,6-7H2,1-3H3. The highest BCUT2D eigenvalue weighted by Crippen LogP contribution is 2.32. The highest BCUT2D eigenvalue weighted by Gasteiger charge is 2.27. The highest BCUT2D eigenvalue weighted by atomic mass is 16.5. The normalized spacial score (nSPS) is 25.1. The summed E-state index contributed by atoms with van der Waals surface area (Å²) in [7, 11) is 1.64. The molecule has 1 fully saturated rings.